The van der Waals surface area contributed by atoms with Gasteiger partial charge in [-0.15, -0.1) is 0 Å². The third kappa shape index (κ3) is 17.5. The van der Waals surface area contributed by atoms with E-state index in [-0.39, 0.29) is 41.5 Å². The maximum atomic E-state index is 13.1. The molecule has 2 N–H and O–H groups in total. The lowest BCUT2D eigenvalue weighted by Crippen LogP contribution is -2.41. The Hall–Kier alpha value is -4.59. The summed E-state index contributed by atoms with van der Waals surface area (Å²) >= 11 is 5.24. The fourth-order valence-corrected chi connectivity index (χ4v) is 12.6. The fraction of sp³-hybridized carbons (Fsp3) is 0.527. The third-order valence-electron chi connectivity index (χ3n) is 13.9. The molecule has 0 bridgehead atoms. The number of halogens is 1. The van der Waals surface area contributed by atoms with Crippen LogP contribution >= 0.6 is 11.6 Å². The minimum absolute atomic E-state index is 0.0223. The standard InChI is InChI=1S/C28H41N3O4S.C14H23N3.C13H18ClNO4S/c1-21-19-27(35-6)20-22(2)28(21)36(33,34)30(5)16-15-26(32)12-9-23-7-10-25(11-8-23)31-17-13-24(14-18-31)29(3)4;1-16(2)13-7-9-17(10-8-13)14-5-3-12(11-15)4-6-14;1-9-7-11(19-4)8-10(2)13(9)20(17,18)15(3)6-5-12(14)16/h7-8,10-11,19-20,24H,9,12-18H2,1-6H3;3-6,13H,7-11,15H2,1-2H3;7-8H,5-6H2,1-4H3. The van der Waals surface area contributed by atoms with E-state index in [1.807, 2.05) is 0 Å². The number of ether oxygens (including phenoxy) is 2. The van der Waals surface area contributed by atoms with E-state index in [9.17, 15) is 26.4 Å². The van der Waals surface area contributed by atoms with Gasteiger partial charge in [0.05, 0.1) is 24.0 Å². The number of anilines is 2. The summed E-state index contributed by atoms with van der Waals surface area (Å²) < 4.78 is 64.1. The zero-order valence-corrected chi connectivity index (χ0v) is 47.8. The van der Waals surface area contributed by atoms with Crippen molar-refractivity contribution in [2.24, 2.45) is 5.73 Å². The second-order valence-corrected chi connectivity index (χ2v) is 24.0. The largest absolute Gasteiger partial charge is 0.497 e. The Balaban J connectivity index is 0.000000262. The smallest absolute Gasteiger partial charge is 0.243 e. The van der Waals surface area contributed by atoms with Gasteiger partial charge in [0.1, 0.15) is 17.3 Å². The molecule has 0 saturated carbocycles. The molecular formula is C55H82ClN7O8S2. The van der Waals surface area contributed by atoms with Crippen LogP contribution in [0.5, 0.6) is 11.5 Å². The van der Waals surface area contributed by atoms with Crippen LogP contribution in [0.2, 0.25) is 0 Å². The van der Waals surface area contributed by atoms with Crippen LogP contribution in [-0.2, 0) is 42.6 Å². The Kier molecular flexibility index (Phi) is 23.7. The SMILES string of the molecule is CN(C)C1CCN(c2ccc(CN)cc2)CC1.COc1cc(C)c(S(=O)(=O)N(C)CCC(=O)CCc2ccc(N3CCC(N(C)C)CC3)cc2)c(C)c1.COc1cc(C)c(S(=O)(=O)N(C)CCC(=O)Cl)c(C)c1. The molecule has 2 aliphatic rings. The predicted molar refractivity (Wildman–Crippen MR) is 297 cm³/mol. The van der Waals surface area contributed by atoms with E-state index in [2.05, 4.69) is 96.3 Å². The zero-order valence-electron chi connectivity index (χ0n) is 45.4. The van der Waals surface area contributed by atoms with Crippen molar-refractivity contribution < 1.29 is 35.9 Å². The minimum atomic E-state index is -3.69. The highest BCUT2D eigenvalue weighted by Gasteiger charge is 2.28. The first-order valence-electron chi connectivity index (χ1n) is 25.1. The molecule has 2 saturated heterocycles. The Morgan fingerprint density at radius 2 is 0.918 bits per heavy atom. The average Bonchev–Trinajstić information content (AvgIpc) is 3.36. The third-order valence-corrected chi connectivity index (χ3v) is 18.4. The first-order valence-corrected chi connectivity index (χ1v) is 28.3. The normalized spacial score (nSPS) is 14.8. The Bertz CT molecular complexity index is 2590. The van der Waals surface area contributed by atoms with Crippen molar-refractivity contribution in [1.82, 2.24) is 18.4 Å². The number of ketones is 1. The quantitative estimate of drug-likeness (QED) is 0.0853. The summed E-state index contributed by atoms with van der Waals surface area (Å²) in [6.07, 6.45) is 6.10. The van der Waals surface area contributed by atoms with Crippen LogP contribution in [0.3, 0.4) is 0 Å². The number of Topliss-reactive ketones (excluding diaryl/α,β-unsaturated/α-hetero) is 1. The molecule has 0 atom stereocenters. The number of carbonyl (C=O) groups is 2. The molecule has 4 aromatic rings. The van der Waals surface area contributed by atoms with Gasteiger partial charge >= 0.3 is 0 Å². The molecule has 0 radical (unpaired) electrons. The summed E-state index contributed by atoms with van der Waals surface area (Å²) in [4.78, 5) is 33.4. The van der Waals surface area contributed by atoms with Crippen LogP contribution in [-0.4, -0.2) is 154 Å². The van der Waals surface area contributed by atoms with Crippen LogP contribution in [0.25, 0.3) is 0 Å². The number of hydrogen-bond donors (Lipinski definition) is 1. The number of nitrogens with two attached hydrogens (primary N) is 1. The Labute approximate surface area is 442 Å². The van der Waals surface area contributed by atoms with Crippen molar-refractivity contribution in [3.05, 3.63) is 106 Å². The molecule has 0 unspecified atom stereocenters. The van der Waals surface area contributed by atoms with E-state index in [0.717, 1.165) is 42.1 Å². The molecule has 0 aromatic heterocycles. The second-order valence-electron chi connectivity index (χ2n) is 19.6. The maximum Gasteiger partial charge on any atom is 0.243 e. The number of rotatable bonds is 20. The highest BCUT2D eigenvalue weighted by atomic mass is 35.5. The summed E-state index contributed by atoms with van der Waals surface area (Å²) in [6.45, 7) is 12.2. The molecular weight excluding hydrogens is 986 g/mol. The van der Waals surface area contributed by atoms with Crippen LogP contribution in [0.4, 0.5) is 11.4 Å². The number of hydrogen-bond acceptors (Lipinski definition) is 13. The number of carbonyl (C=O) groups excluding carboxylic acids is 2. The van der Waals surface area contributed by atoms with Gasteiger partial charge in [-0.05, 0) is 182 Å². The van der Waals surface area contributed by atoms with Gasteiger partial charge in [-0.1, -0.05) is 24.3 Å². The van der Waals surface area contributed by atoms with Gasteiger partial charge in [0.25, 0.3) is 0 Å². The minimum Gasteiger partial charge on any atom is -0.497 e. The number of piperidine rings is 2. The van der Waals surface area contributed by atoms with E-state index in [0.29, 0.717) is 59.2 Å². The highest BCUT2D eigenvalue weighted by Crippen LogP contribution is 2.30. The molecule has 2 aliphatic heterocycles. The summed E-state index contributed by atoms with van der Waals surface area (Å²) in [5.74, 6) is 1.30. The molecule has 18 heteroatoms. The van der Waals surface area contributed by atoms with Gasteiger partial charge < -0.3 is 34.8 Å². The number of sulfonamides is 2. The van der Waals surface area contributed by atoms with Crippen LogP contribution in [0.1, 0.15) is 78.3 Å². The first-order chi connectivity index (χ1) is 34.4. The van der Waals surface area contributed by atoms with Crippen molar-refractivity contribution >= 4 is 54.0 Å². The van der Waals surface area contributed by atoms with E-state index in [1.165, 1.54) is 68.1 Å². The topological polar surface area (TPSA) is 166 Å². The summed E-state index contributed by atoms with van der Waals surface area (Å²) in [5, 5.41) is -0.560. The van der Waals surface area contributed by atoms with Crippen molar-refractivity contribution in [2.45, 2.75) is 107 Å². The fourth-order valence-electron chi connectivity index (χ4n) is 9.36. The number of benzene rings is 4. The van der Waals surface area contributed by atoms with Crippen molar-refractivity contribution in [3.63, 3.8) is 0 Å². The van der Waals surface area contributed by atoms with Gasteiger partial charge in [0, 0.05) is 103 Å². The number of aryl methyl sites for hydroxylation is 5. The predicted octanol–water partition coefficient (Wildman–Crippen LogP) is 7.82. The molecule has 15 nitrogen and oxygen atoms in total. The lowest BCUT2D eigenvalue weighted by atomic mass is 10.0. The van der Waals surface area contributed by atoms with Gasteiger partial charge in [0.15, 0.2) is 0 Å². The van der Waals surface area contributed by atoms with E-state index in [4.69, 9.17) is 26.8 Å². The van der Waals surface area contributed by atoms with Gasteiger partial charge in [0.2, 0.25) is 25.3 Å². The van der Waals surface area contributed by atoms with Gasteiger partial charge in [-0.3, -0.25) is 9.59 Å². The monoisotopic (exact) mass is 1070 g/mol. The number of nitrogens with zero attached hydrogens (tertiary/aromatic N) is 6. The molecule has 404 valence electrons. The number of methoxy groups -OCH3 is 2. The maximum absolute atomic E-state index is 13.1. The molecule has 2 fully saturated rings. The van der Waals surface area contributed by atoms with Gasteiger partial charge in [-0.25, -0.2) is 25.4 Å². The average molecular weight is 1070 g/mol. The summed E-state index contributed by atoms with van der Waals surface area (Å²) in [5.41, 5.74) is 13.0. The summed E-state index contributed by atoms with van der Waals surface area (Å²) in [6, 6.07) is 25.3. The molecule has 0 amide bonds. The summed E-state index contributed by atoms with van der Waals surface area (Å²) in [7, 11) is 7.35. The van der Waals surface area contributed by atoms with E-state index in [1.54, 1.807) is 59.1 Å². The molecule has 73 heavy (non-hydrogen) atoms. The second kappa shape index (κ2) is 28.3. The first kappa shape index (κ1) is 61.0. The van der Waals surface area contributed by atoms with Crippen molar-refractivity contribution in [1.29, 1.82) is 0 Å². The van der Waals surface area contributed by atoms with E-state index >= 15 is 0 Å². The lowest BCUT2D eigenvalue weighted by Gasteiger charge is -2.36. The molecule has 0 spiro atoms. The van der Waals surface area contributed by atoms with Crippen LogP contribution in [0.15, 0.2) is 82.6 Å². The lowest BCUT2D eigenvalue weighted by molar-refractivity contribution is -0.119. The van der Waals surface area contributed by atoms with Crippen molar-refractivity contribution in [3.8, 4) is 11.5 Å². The van der Waals surface area contributed by atoms with E-state index < -0.39 is 25.3 Å². The molecule has 2 heterocycles. The van der Waals surface area contributed by atoms with Gasteiger partial charge in [-0.2, -0.15) is 0 Å². The molecule has 4 aromatic carbocycles. The Morgan fingerprint density at radius 1 is 0.575 bits per heavy atom. The molecule has 0 aliphatic carbocycles. The van der Waals surface area contributed by atoms with Crippen LogP contribution < -0.4 is 25.0 Å². The molecule has 6 rings (SSSR count). The highest BCUT2D eigenvalue weighted by molar-refractivity contribution is 7.89. The Morgan fingerprint density at radius 3 is 1.23 bits per heavy atom. The van der Waals surface area contributed by atoms with Crippen LogP contribution in [0, 0.1) is 27.7 Å². The van der Waals surface area contributed by atoms with Crippen molar-refractivity contribution in [2.75, 3.05) is 106 Å². The zero-order chi connectivity index (χ0) is 54.2.